The quantitative estimate of drug-likeness (QED) is 0.754. The second-order valence-corrected chi connectivity index (χ2v) is 8.50. The van der Waals surface area contributed by atoms with Crippen LogP contribution < -0.4 is 0 Å². The molecule has 0 spiro atoms. The van der Waals surface area contributed by atoms with Crippen LogP contribution in [0.5, 0.6) is 0 Å². The number of fused-ring (bicyclic) bond motifs is 2. The Hall–Kier alpha value is -2.20. The number of hydrogen-bond acceptors (Lipinski definition) is 2. The van der Waals surface area contributed by atoms with Gasteiger partial charge in [0, 0.05) is 17.5 Å². The molecule has 1 aromatic carbocycles. The van der Waals surface area contributed by atoms with Gasteiger partial charge in [0.05, 0.1) is 23.3 Å². The SMILES string of the molecule is C=CCC(C)(O)C1CCCC2=Cc3c(-c4ccc(F)cc4)ncn3CC21C. The molecule has 1 N–H and O–H groups in total. The van der Waals surface area contributed by atoms with Crippen molar-refractivity contribution in [2.75, 3.05) is 0 Å². The molecule has 3 atom stereocenters. The maximum absolute atomic E-state index is 13.3. The zero-order chi connectivity index (χ0) is 19.2. The Morgan fingerprint density at radius 3 is 2.85 bits per heavy atom. The maximum atomic E-state index is 13.3. The highest BCUT2D eigenvalue weighted by atomic mass is 19.1. The van der Waals surface area contributed by atoms with Crippen LogP contribution in [0.3, 0.4) is 0 Å². The van der Waals surface area contributed by atoms with E-state index < -0.39 is 5.60 Å². The molecule has 1 aliphatic carbocycles. The standard InChI is InChI=1S/C23H27FN2O/c1-4-12-23(3,27)20-7-5-6-17-13-19-21(16-8-10-18(24)11-9-16)25-15-26(19)14-22(17,20)2/h4,8-11,13,15,20,27H,1,5-7,12,14H2,2-3H3. The Morgan fingerprint density at radius 1 is 1.41 bits per heavy atom. The average Bonchev–Trinajstić information content (AvgIpc) is 3.01. The third-order valence-corrected chi connectivity index (χ3v) is 6.56. The van der Waals surface area contributed by atoms with Crippen LogP contribution >= 0.6 is 0 Å². The molecule has 142 valence electrons. The molecule has 0 radical (unpaired) electrons. The number of aliphatic hydroxyl groups is 1. The van der Waals surface area contributed by atoms with Crippen LogP contribution in [0.4, 0.5) is 4.39 Å². The predicted molar refractivity (Wildman–Crippen MR) is 106 cm³/mol. The van der Waals surface area contributed by atoms with E-state index in [-0.39, 0.29) is 17.2 Å². The van der Waals surface area contributed by atoms with Crippen LogP contribution in [-0.2, 0) is 6.54 Å². The number of rotatable bonds is 4. The van der Waals surface area contributed by atoms with Crippen molar-refractivity contribution in [2.24, 2.45) is 11.3 Å². The van der Waals surface area contributed by atoms with E-state index in [1.54, 1.807) is 12.1 Å². The molecule has 1 aromatic heterocycles. The number of aromatic nitrogens is 2. The summed E-state index contributed by atoms with van der Waals surface area (Å²) >= 11 is 0. The Balaban J connectivity index is 1.75. The summed E-state index contributed by atoms with van der Waals surface area (Å²) in [6.07, 6.45) is 9.69. The van der Waals surface area contributed by atoms with Crippen LogP contribution in [0.2, 0.25) is 0 Å². The monoisotopic (exact) mass is 366 g/mol. The van der Waals surface area contributed by atoms with E-state index in [9.17, 15) is 9.50 Å². The normalized spacial score (nSPS) is 26.5. The smallest absolute Gasteiger partial charge is 0.123 e. The summed E-state index contributed by atoms with van der Waals surface area (Å²) in [6, 6.07) is 6.52. The van der Waals surface area contributed by atoms with Gasteiger partial charge < -0.3 is 9.67 Å². The van der Waals surface area contributed by atoms with Gasteiger partial charge in [-0.15, -0.1) is 6.58 Å². The van der Waals surface area contributed by atoms with Gasteiger partial charge in [-0.3, -0.25) is 0 Å². The predicted octanol–water partition coefficient (Wildman–Crippen LogP) is 5.22. The summed E-state index contributed by atoms with van der Waals surface area (Å²) < 4.78 is 15.5. The average molecular weight is 366 g/mol. The molecule has 1 fully saturated rings. The Labute approximate surface area is 160 Å². The Bertz CT molecular complexity index is 894. The number of nitrogens with zero attached hydrogens (tertiary/aromatic N) is 2. The van der Waals surface area contributed by atoms with Crippen LogP contribution in [-0.4, -0.2) is 20.3 Å². The van der Waals surface area contributed by atoms with E-state index in [4.69, 9.17) is 0 Å². The van der Waals surface area contributed by atoms with E-state index in [0.717, 1.165) is 42.8 Å². The summed E-state index contributed by atoms with van der Waals surface area (Å²) in [5, 5.41) is 11.1. The molecule has 1 aliphatic heterocycles. The molecule has 2 aliphatic rings. The highest BCUT2D eigenvalue weighted by molar-refractivity contribution is 5.72. The molecule has 0 bridgehead atoms. The van der Waals surface area contributed by atoms with E-state index in [1.165, 1.54) is 17.7 Å². The van der Waals surface area contributed by atoms with Gasteiger partial charge in [-0.1, -0.05) is 18.6 Å². The summed E-state index contributed by atoms with van der Waals surface area (Å²) in [5.41, 5.74) is 3.42. The molecular weight excluding hydrogens is 339 g/mol. The van der Waals surface area contributed by atoms with Gasteiger partial charge in [0.15, 0.2) is 0 Å². The molecule has 3 nitrogen and oxygen atoms in total. The number of benzene rings is 1. The number of hydrogen-bond donors (Lipinski definition) is 1. The van der Waals surface area contributed by atoms with Crippen LogP contribution in [0.25, 0.3) is 17.3 Å². The first-order chi connectivity index (χ1) is 12.8. The highest BCUT2D eigenvalue weighted by Gasteiger charge is 2.49. The van der Waals surface area contributed by atoms with Gasteiger partial charge in [0.1, 0.15) is 5.82 Å². The fourth-order valence-electron chi connectivity index (χ4n) is 5.22. The molecule has 1 saturated carbocycles. The molecule has 4 rings (SSSR count). The first-order valence-electron chi connectivity index (χ1n) is 9.70. The van der Waals surface area contributed by atoms with E-state index >= 15 is 0 Å². The molecule has 4 heteroatoms. The van der Waals surface area contributed by atoms with Crippen molar-refractivity contribution in [3.8, 4) is 11.3 Å². The lowest BCUT2D eigenvalue weighted by atomic mass is 9.57. The highest BCUT2D eigenvalue weighted by Crippen LogP contribution is 2.54. The van der Waals surface area contributed by atoms with Crippen LogP contribution in [0.1, 0.15) is 45.2 Å². The number of halogens is 1. The van der Waals surface area contributed by atoms with Crippen molar-refractivity contribution >= 4 is 6.08 Å². The van der Waals surface area contributed by atoms with E-state index in [1.807, 2.05) is 19.3 Å². The van der Waals surface area contributed by atoms with Crippen molar-refractivity contribution in [3.05, 3.63) is 60.3 Å². The van der Waals surface area contributed by atoms with E-state index in [2.05, 4.69) is 29.1 Å². The summed E-state index contributed by atoms with van der Waals surface area (Å²) in [4.78, 5) is 4.63. The minimum atomic E-state index is -0.770. The third-order valence-electron chi connectivity index (χ3n) is 6.56. The van der Waals surface area contributed by atoms with Gasteiger partial charge >= 0.3 is 0 Å². The molecule has 0 amide bonds. The fraction of sp³-hybridized carbons (Fsp3) is 0.435. The third kappa shape index (κ3) is 2.96. The van der Waals surface area contributed by atoms with Crippen LogP contribution in [0, 0.1) is 17.2 Å². The zero-order valence-electron chi connectivity index (χ0n) is 16.1. The molecule has 3 unspecified atom stereocenters. The topological polar surface area (TPSA) is 38.1 Å². The Morgan fingerprint density at radius 2 is 2.15 bits per heavy atom. The first-order valence-corrected chi connectivity index (χ1v) is 9.70. The molecule has 2 aromatic rings. The van der Waals surface area contributed by atoms with Gasteiger partial charge in [-0.05, 0) is 68.9 Å². The molecule has 2 heterocycles. The van der Waals surface area contributed by atoms with Crippen molar-refractivity contribution in [2.45, 2.75) is 51.7 Å². The molecule has 0 saturated heterocycles. The van der Waals surface area contributed by atoms with Gasteiger partial charge in [-0.25, -0.2) is 9.37 Å². The van der Waals surface area contributed by atoms with Gasteiger partial charge in [-0.2, -0.15) is 0 Å². The zero-order valence-corrected chi connectivity index (χ0v) is 16.1. The molecule has 27 heavy (non-hydrogen) atoms. The van der Waals surface area contributed by atoms with Crippen molar-refractivity contribution in [3.63, 3.8) is 0 Å². The van der Waals surface area contributed by atoms with Crippen LogP contribution in [0.15, 0.2) is 48.8 Å². The van der Waals surface area contributed by atoms with E-state index in [0.29, 0.717) is 6.42 Å². The Kier molecular flexibility index (Phi) is 4.34. The lowest BCUT2D eigenvalue weighted by Crippen LogP contribution is -2.50. The lowest BCUT2D eigenvalue weighted by molar-refractivity contribution is -0.0635. The molecular formula is C23H27FN2O. The summed E-state index contributed by atoms with van der Waals surface area (Å²) in [5.74, 6) is -0.0647. The minimum Gasteiger partial charge on any atom is -0.390 e. The number of imidazole rings is 1. The van der Waals surface area contributed by atoms with Crippen molar-refractivity contribution in [1.29, 1.82) is 0 Å². The van der Waals surface area contributed by atoms with Crippen molar-refractivity contribution < 1.29 is 9.50 Å². The largest absolute Gasteiger partial charge is 0.390 e. The van der Waals surface area contributed by atoms with Crippen molar-refractivity contribution in [1.82, 2.24) is 9.55 Å². The number of allylic oxidation sites excluding steroid dienone is 1. The lowest BCUT2D eigenvalue weighted by Gasteiger charge is -2.51. The first kappa shape index (κ1) is 18.2. The maximum Gasteiger partial charge on any atom is 0.123 e. The van der Waals surface area contributed by atoms with Gasteiger partial charge in [0.25, 0.3) is 0 Å². The fourth-order valence-corrected chi connectivity index (χ4v) is 5.22. The summed E-state index contributed by atoms with van der Waals surface area (Å²) in [7, 11) is 0. The van der Waals surface area contributed by atoms with Gasteiger partial charge in [0.2, 0.25) is 0 Å². The summed E-state index contributed by atoms with van der Waals surface area (Å²) in [6.45, 7) is 8.86. The second kappa shape index (κ2) is 6.45. The second-order valence-electron chi connectivity index (χ2n) is 8.50. The minimum absolute atomic E-state index is 0.0987.